The molecule has 0 fully saturated rings. The van der Waals surface area contributed by atoms with Crippen LogP contribution in [0, 0.1) is 12.7 Å². The van der Waals surface area contributed by atoms with Crippen LogP contribution in [-0.2, 0) is 6.18 Å². The van der Waals surface area contributed by atoms with Crippen molar-refractivity contribution < 1.29 is 22.4 Å². The molecule has 8 heteroatoms. The number of aryl methyl sites for hydroxylation is 1. The van der Waals surface area contributed by atoms with Crippen LogP contribution in [0.5, 0.6) is 0 Å². The van der Waals surface area contributed by atoms with Gasteiger partial charge in [0.05, 0.1) is 16.8 Å². The zero-order chi connectivity index (χ0) is 18.9. The maximum Gasteiger partial charge on any atom is 0.419 e. The SMILES string of the molecule is Cc1cccc2cncc(C(=O)NNc3cccc(C(F)(F)F)c3F)c12. The highest BCUT2D eigenvalue weighted by Gasteiger charge is 2.34. The second-order valence-corrected chi connectivity index (χ2v) is 5.60. The van der Waals surface area contributed by atoms with E-state index in [1.165, 1.54) is 6.20 Å². The minimum absolute atomic E-state index is 0.223. The number of alkyl halides is 3. The Morgan fingerprint density at radius 2 is 1.81 bits per heavy atom. The molecule has 0 unspecified atom stereocenters. The topological polar surface area (TPSA) is 54.0 Å². The Morgan fingerprint density at radius 1 is 1.08 bits per heavy atom. The summed E-state index contributed by atoms with van der Waals surface area (Å²) in [6.07, 6.45) is -1.89. The summed E-state index contributed by atoms with van der Waals surface area (Å²) >= 11 is 0. The number of nitrogens with one attached hydrogen (secondary N) is 2. The van der Waals surface area contributed by atoms with Crippen molar-refractivity contribution in [3.8, 4) is 0 Å². The number of halogens is 4. The van der Waals surface area contributed by atoms with E-state index in [1.54, 1.807) is 12.3 Å². The molecule has 0 radical (unpaired) electrons. The number of rotatable bonds is 3. The highest BCUT2D eigenvalue weighted by Crippen LogP contribution is 2.33. The van der Waals surface area contributed by atoms with E-state index in [-0.39, 0.29) is 5.56 Å². The molecule has 0 atom stereocenters. The summed E-state index contributed by atoms with van der Waals surface area (Å²) < 4.78 is 52.2. The van der Waals surface area contributed by atoms with Crippen LogP contribution >= 0.6 is 0 Å². The van der Waals surface area contributed by atoms with Crippen LogP contribution in [0.1, 0.15) is 21.5 Å². The normalized spacial score (nSPS) is 11.4. The molecule has 4 nitrogen and oxygen atoms in total. The van der Waals surface area contributed by atoms with E-state index in [0.29, 0.717) is 11.5 Å². The first-order valence-electron chi connectivity index (χ1n) is 7.54. The van der Waals surface area contributed by atoms with Crippen LogP contribution in [0.25, 0.3) is 10.8 Å². The van der Waals surface area contributed by atoms with Crippen LogP contribution in [0.3, 0.4) is 0 Å². The number of aromatic nitrogens is 1. The number of carbonyl (C=O) groups is 1. The summed E-state index contributed by atoms with van der Waals surface area (Å²) in [5.41, 5.74) is 3.57. The number of hydrazine groups is 1. The molecule has 0 saturated heterocycles. The number of nitrogens with zero attached hydrogens (tertiary/aromatic N) is 1. The molecule has 0 bridgehead atoms. The number of anilines is 1. The number of hydrogen-bond donors (Lipinski definition) is 2. The minimum atomic E-state index is -4.83. The van der Waals surface area contributed by atoms with Crippen molar-refractivity contribution in [2.75, 3.05) is 5.43 Å². The third kappa shape index (κ3) is 3.30. The van der Waals surface area contributed by atoms with Gasteiger partial charge >= 0.3 is 6.18 Å². The van der Waals surface area contributed by atoms with Gasteiger partial charge < -0.3 is 0 Å². The number of pyridine rings is 1. The van der Waals surface area contributed by atoms with Gasteiger partial charge in [0.25, 0.3) is 5.91 Å². The first kappa shape index (κ1) is 17.7. The largest absolute Gasteiger partial charge is 0.419 e. The zero-order valence-electron chi connectivity index (χ0n) is 13.5. The first-order chi connectivity index (χ1) is 12.3. The fourth-order valence-electron chi connectivity index (χ4n) is 2.63. The first-order valence-corrected chi connectivity index (χ1v) is 7.54. The number of amides is 1. The van der Waals surface area contributed by atoms with Gasteiger partial charge in [0.15, 0.2) is 5.82 Å². The fourth-order valence-corrected chi connectivity index (χ4v) is 2.63. The summed E-state index contributed by atoms with van der Waals surface area (Å²) in [6, 6.07) is 8.18. The minimum Gasteiger partial charge on any atom is -0.295 e. The molecule has 2 aromatic carbocycles. The van der Waals surface area contributed by atoms with E-state index in [9.17, 15) is 22.4 Å². The van der Waals surface area contributed by atoms with E-state index in [4.69, 9.17) is 0 Å². The number of carbonyl (C=O) groups excluding carboxylic acids is 1. The van der Waals surface area contributed by atoms with E-state index in [2.05, 4.69) is 15.8 Å². The molecule has 0 spiro atoms. The van der Waals surface area contributed by atoms with Crippen LogP contribution < -0.4 is 10.9 Å². The summed E-state index contributed by atoms with van der Waals surface area (Å²) in [4.78, 5) is 16.4. The highest BCUT2D eigenvalue weighted by molar-refractivity contribution is 6.08. The second kappa shape index (κ2) is 6.62. The molecular formula is C18H13F4N3O. The predicted molar refractivity (Wildman–Crippen MR) is 89.0 cm³/mol. The average molecular weight is 363 g/mol. The van der Waals surface area contributed by atoms with Crippen molar-refractivity contribution in [1.82, 2.24) is 10.4 Å². The van der Waals surface area contributed by atoms with Crippen molar-refractivity contribution in [3.05, 3.63) is 71.3 Å². The van der Waals surface area contributed by atoms with Crippen LogP contribution in [0.15, 0.2) is 48.8 Å². The molecule has 0 aliphatic carbocycles. The van der Waals surface area contributed by atoms with Crippen molar-refractivity contribution in [1.29, 1.82) is 0 Å². The van der Waals surface area contributed by atoms with Crippen LogP contribution in [0.4, 0.5) is 23.2 Å². The maximum atomic E-state index is 14.0. The molecule has 1 amide bonds. The summed E-state index contributed by atoms with van der Waals surface area (Å²) in [5.74, 6) is -2.14. The van der Waals surface area contributed by atoms with E-state index >= 15 is 0 Å². The van der Waals surface area contributed by atoms with Gasteiger partial charge in [0.2, 0.25) is 0 Å². The van der Waals surface area contributed by atoms with Crippen LogP contribution in [0.2, 0.25) is 0 Å². The number of fused-ring (bicyclic) bond motifs is 1. The predicted octanol–water partition coefficient (Wildman–Crippen LogP) is 4.46. The van der Waals surface area contributed by atoms with Gasteiger partial charge in [-0.15, -0.1) is 0 Å². The van der Waals surface area contributed by atoms with Gasteiger partial charge in [-0.3, -0.25) is 20.6 Å². The van der Waals surface area contributed by atoms with E-state index < -0.39 is 29.2 Å². The lowest BCUT2D eigenvalue weighted by atomic mass is 10.0. The van der Waals surface area contributed by atoms with Gasteiger partial charge in [-0.2, -0.15) is 13.2 Å². The summed E-state index contributed by atoms with van der Waals surface area (Å²) in [6.45, 7) is 1.82. The number of benzene rings is 2. The maximum absolute atomic E-state index is 14.0. The fraction of sp³-hybridized carbons (Fsp3) is 0.111. The molecule has 0 aliphatic heterocycles. The Bertz CT molecular complexity index is 981. The third-order valence-electron chi connectivity index (χ3n) is 3.85. The highest BCUT2D eigenvalue weighted by atomic mass is 19.4. The zero-order valence-corrected chi connectivity index (χ0v) is 13.5. The molecule has 1 heterocycles. The van der Waals surface area contributed by atoms with Crippen molar-refractivity contribution >= 4 is 22.4 Å². The van der Waals surface area contributed by atoms with Crippen LogP contribution in [-0.4, -0.2) is 10.9 Å². The van der Waals surface area contributed by atoms with Gasteiger partial charge in [0, 0.05) is 23.2 Å². The summed E-state index contributed by atoms with van der Waals surface area (Å²) in [5, 5.41) is 1.40. The van der Waals surface area contributed by atoms with Gasteiger partial charge in [-0.1, -0.05) is 24.3 Å². The lowest BCUT2D eigenvalue weighted by Gasteiger charge is -2.14. The molecular weight excluding hydrogens is 350 g/mol. The molecule has 3 rings (SSSR count). The standard InChI is InChI=1S/C18H13F4N3O/c1-10-4-2-5-11-8-23-9-12(15(10)11)17(26)25-24-14-7-3-6-13(16(14)19)18(20,21)22/h2-9,24H,1H3,(H,25,26). The Hall–Kier alpha value is -3.16. The molecule has 0 saturated carbocycles. The summed E-state index contributed by atoms with van der Waals surface area (Å²) in [7, 11) is 0. The Labute approximate surface area is 145 Å². The van der Waals surface area contributed by atoms with Crippen molar-refractivity contribution in [3.63, 3.8) is 0 Å². The second-order valence-electron chi connectivity index (χ2n) is 5.60. The lowest BCUT2D eigenvalue weighted by molar-refractivity contribution is -0.139. The molecule has 0 aliphatic rings. The Balaban J connectivity index is 1.87. The number of hydrogen-bond acceptors (Lipinski definition) is 3. The van der Waals surface area contributed by atoms with Gasteiger partial charge in [0.1, 0.15) is 0 Å². The molecule has 26 heavy (non-hydrogen) atoms. The molecule has 2 N–H and O–H groups in total. The Morgan fingerprint density at radius 3 is 2.54 bits per heavy atom. The van der Waals surface area contributed by atoms with Gasteiger partial charge in [-0.25, -0.2) is 4.39 Å². The average Bonchev–Trinajstić information content (AvgIpc) is 2.59. The monoisotopic (exact) mass is 363 g/mol. The van der Waals surface area contributed by atoms with Gasteiger partial charge in [-0.05, 0) is 24.6 Å². The lowest BCUT2D eigenvalue weighted by Crippen LogP contribution is -2.30. The molecule has 3 aromatic rings. The molecule has 1 aromatic heterocycles. The Kier molecular flexibility index (Phi) is 4.50. The van der Waals surface area contributed by atoms with E-state index in [0.717, 1.165) is 23.1 Å². The quantitative estimate of drug-likeness (QED) is 0.534. The third-order valence-corrected chi connectivity index (χ3v) is 3.85. The van der Waals surface area contributed by atoms with Crippen molar-refractivity contribution in [2.45, 2.75) is 13.1 Å². The molecule has 134 valence electrons. The van der Waals surface area contributed by atoms with Crippen molar-refractivity contribution in [2.24, 2.45) is 0 Å². The smallest absolute Gasteiger partial charge is 0.295 e. The van der Waals surface area contributed by atoms with E-state index in [1.807, 2.05) is 19.1 Å².